The Morgan fingerprint density at radius 1 is 0.833 bits per heavy atom. The summed E-state index contributed by atoms with van der Waals surface area (Å²) < 4.78 is -8.17. The Bertz CT molecular complexity index is 587. The molecule has 0 aromatic heterocycles. The van der Waals surface area contributed by atoms with Crippen LogP contribution >= 0.6 is 116 Å². The van der Waals surface area contributed by atoms with E-state index in [-0.39, 0.29) is 11.1 Å². The fourth-order valence-corrected chi connectivity index (χ4v) is 3.05. The van der Waals surface area contributed by atoms with Gasteiger partial charge >= 0.3 is 0 Å². The van der Waals surface area contributed by atoms with Crippen molar-refractivity contribution in [1.82, 2.24) is 0 Å². The van der Waals surface area contributed by atoms with Crippen LogP contribution in [0.3, 0.4) is 0 Å². The molecule has 0 spiro atoms. The Kier molecular flexibility index (Phi) is 8.25. The molecule has 1 nitrogen and oxygen atoms in total. The molecule has 0 aliphatic heterocycles. The lowest BCUT2D eigenvalue weighted by Gasteiger charge is -2.33. The zero-order valence-electron chi connectivity index (χ0n) is 11.7. The van der Waals surface area contributed by atoms with Crippen molar-refractivity contribution >= 4 is 116 Å². The number of benzene rings is 1. The Morgan fingerprint density at radius 3 is 1.67 bits per heavy atom. The lowest BCUT2D eigenvalue weighted by molar-refractivity contribution is 0.172. The van der Waals surface area contributed by atoms with Crippen molar-refractivity contribution in [3.63, 3.8) is 0 Å². The van der Waals surface area contributed by atoms with Crippen LogP contribution < -0.4 is 0 Å². The third-order valence-corrected chi connectivity index (χ3v) is 8.05. The van der Waals surface area contributed by atoms with Crippen molar-refractivity contribution in [1.29, 1.82) is 0 Å². The number of aliphatic hydroxyl groups excluding tert-OH is 1. The molecule has 1 rings (SSSR count). The van der Waals surface area contributed by atoms with E-state index in [1.54, 1.807) is 6.92 Å². The summed E-state index contributed by atoms with van der Waals surface area (Å²) >= 11 is 59.9. The van der Waals surface area contributed by atoms with E-state index in [1.807, 2.05) is 0 Å². The minimum Gasteiger partial charge on any atom is -0.388 e. The first-order valence-electron chi connectivity index (χ1n) is 6.29. The van der Waals surface area contributed by atoms with Gasteiger partial charge < -0.3 is 5.11 Å². The maximum atomic E-state index is 10.2. The lowest BCUT2D eigenvalue weighted by atomic mass is 9.95. The van der Waals surface area contributed by atoms with Gasteiger partial charge in [0.15, 0.2) is 8.67 Å². The van der Waals surface area contributed by atoms with E-state index >= 15 is 0 Å². The largest absolute Gasteiger partial charge is 0.388 e. The van der Waals surface area contributed by atoms with E-state index in [0.29, 0.717) is 12.0 Å². The van der Waals surface area contributed by atoms with E-state index < -0.39 is 22.4 Å². The van der Waals surface area contributed by atoms with Crippen LogP contribution in [0.2, 0.25) is 0 Å². The zero-order valence-corrected chi connectivity index (χ0v) is 19.3. The van der Waals surface area contributed by atoms with Crippen molar-refractivity contribution < 1.29 is 5.11 Å². The lowest BCUT2D eigenvalue weighted by Crippen LogP contribution is -2.32. The average Bonchev–Trinajstić information content (AvgIpc) is 2.43. The van der Waals surface area contributed by atoms with Gasteiger partial charge in [-0.05, 0) is 29.2 Å². The number of halogens is 10. The fraction of sp³-hybridized carbons (Fsp3) is 0.538. The van der Waals surface area contributed by atoms with Crippen LogP contribution in [0.25, 0.3) is 0 Å². The highest BCUT2D eigenvalue weighted by Crippen LogP contribution is 2.57. The highest BCUT2D eigenvalue weighted by molar-refractivity contribution is 6.76. The monoisotopic (exact) mass is 532 g/mol. The topological polar surface area (TPSA) is 20.2 Å². The third-order valence-electron chi connectivity index (χ3n) is 3.21. The summed E-state index contributed by atoms with van der Waals surface area (Å²) in [5.41, 5.74) is 0.552. The molecule has 0 fully saturated rings. The van der Waals surface area contributed by atoms with Crippen LogP contribution in [0.4, 0.5) is 0 Å². The maximum Gasteiger partial charge on any atom is 0.227 e. The molecule has 1 aromatic carbocycles. The molecular weight excluding hydrogens is 527 g/mol. The molecule has 1 aromatic rings. The fourth-order valence-electron chi connectivity index (χ4n) is 1.85. The van der Waals surface area contributed by atoms with Crippen LogP contribution in [0.15, 0.2) is 18.2 Å². The summed E-state index contributed by atoms with van der Waals surface area (Å²) in [5, 5.41) is 10.2. The summed E-state index contributed by atoms with van der Waals surface area (Å²) in [5.74, 6) is 0. The Hall–Kier alpha value is 2.08. The molecule has 0 radical (unpaired) electrons. The van der Waals surface area contributed by atoms with Gasteiger partial charge in [0.1, 0.15) is 0 Å². The molecule has 1 atom stereocenters. The van der Waals surface area contributed by atoms with Crippen LogP contribution in [0, 0.1) is 0 Å². The van der Waals surface area contributed by atoms with Crippen LogP contribution in [-0.4, -0.2) is 12.7 Å². The van der Waals surface area contributed by atoms with Gasteiger partial charge in [0.05, 0.1) is 6.10 Å². The molecule has 138 valence electrons. The summed E-state index contributed by atoms with van der Waals surface area (Å²) in [7, 11) is 0. The van der Waals surface area contributed by atoms with Gasteiger partial charge in [-0.1, -0.05) is 135 Å². The average molecular weight is 537 g/mol. The molecule has 0 heterocycles. The van der Waals surface area contributed by atoms with E-state index in [0.717, 1.165) is 0 Å². The van der Waals surface area contributed by atoms with Crippen LogP contribution in [0.1, 0.15) is 36.1 Å². The van der Waals surface area contributed by atoms with E-state index in [1.165, 1.54) is 18.2 Å². The highest BCUT2D eigenvalue weighted by atomic mass is 35.6. The minimum atomic E-state index is -2.13. The van der Waals surface area contributed by atoms with Crippen molar-refractivity contribution in [3.8, 4) is 0 Å². The van der Waals surface area contributed by atoms with Gasteiger partial charge in [-0.15, -0.1) is 0 Å². The summed E-state index contributed by atoms with van der Waals surface area (Å²) in [4.78, 5) is 0. The predicted octanol–water partition coefficient (Wildman–Crippen LogP) is 8.13. The van der Waals surface area contributed by atoms with E-state index in [9.17, 15) is 5.11 Å². The number of aliphatic hydroxyl groups is 1. The normalized spacial score (nSPS) is 15.5. The molecule has 0 bridgehead atoms. The highest BCUT2D eigenvalue weighted by Gasteiger charge is 2.51. The minimum absolute atomic E-state index is 0.0811. The Balaban J connectivity index is 3.68. The Labute approximate surface area is 190 Å². The molecule has 0 amide bonds. The van der Waals surface area contributed by atoms with Crippen LogP contribution in [-0.2, 0) is 8.67 Å². The molecule has 1 N–H and O–H groups in total. The molecule has 11 heteroatoms. The van der Waals surface area contributed by atoms with Gasteiger partial charge in [0.2, 0.25) is 7.59 Å². The Morgan fingerprint density at radius 2 is 1.29 bits per heavy atom. The standard InChI is InChI=1S/C13H10Cl10O/c1-2-9(24)7-4-3-6(10(14,15)12(18,19)20)5-8(7)11(16,17)13(21,22)23/h3-5,9,24H,2H2,1H3. The molecule has 0 aliphatic carbocycles. The second-order valence-corrected chi connectivity index (χ2v) is 12.1. The van der Waals surface area contributed by atoms with Crippen LogP contribution in [0.5, 0.6) is 0 Å². The molecule has 0 aliphatic rings. The van der Waals surface area contributed by atoms with E-state index in [2.05, 4.69) is 0 Å². The number of rotatable bonds is 4. The smallest absolute Gasteiger partial charge is 0.227 e. The number of hydrogen-bond donors (Lipinski definition) is 1. The number of hydrogen-bond acceptors (Lipinski definition) is 1. The molecule has 24 heavy (non-hydrogen) atoms. The SMILES string of the molecule is CCC(O)c1ccc(C(Cl)(Cl)C(Cl)(Cl)Cl)cc1C(Cl)(Cl)C(Cl)(Cl)Cl. The second kappa shape index (κ2) is 8.21. The van der Waals surface area contributed by atoms with Gasteiger partial charge in [-0.3, -0.25) is 0 Å². The third kappa shape index (κ3) is 4.92. The van der Waals surface area contributed by atoms with Crippen molar-refractivity contribution in [2.75, 3.05) is 0 Å². The summed E-state index contributed by atoms with van der Waals surface area (Å²) in [6.45, 7) is 1.75. The molecular formula is C13H10Cl10O. The van der Waals surface area contributed by atoms with Gasteiger partial charge in [-0.25, -0.2) is 0 Å². The van der Waals surface area contributed by atoms with E-state index in [4.69, 9.17) is 116 Å². The number of alkyl halides is 10. The first-order chi connectivity index (χ1) is 10.6. The predicted molar refractivity (Wildman–Crippen MR) is 109 cm³/mol. The van der Waals surface area contributed by atoms with Gasteiger partial charge in [-0.2, -0.15) is 0 Å². The first kappa shape index (κ1) is 24.1. The molecule has 1 unspecified atom stereocenters. The molecule has 0 saturated carbocycles. The molecule has 0 saturated heterocycles. The first-order valence-corrected chi connectivity index (χ1v) is 10.1. The second-order valence-electron chi connectivity index (χ2n) is 4.87. The van der Waals surface area contributed by atoms with Gasteiger partial charge in [0.25, 0.3) is 0 Å². The summed E-state index contributed by atoms with van der Waals surface area (Å²) in [6, 6.07) is 4.27. The maximum absolute atomic E-state index is 10.2. The summed E-state index contributed by atoms with van der Waals surface area (Å²) in [6.07, 6.45) is -0.570. The van der Waals surface area contributed by atoms with Crippen molar-refractivity contribution in [3.05, 3.63) is 34.9 Å². The zero-order chi connectivity index (χ0) is 19.1. The van der Waals surface area contributed by atoms with Gasteiger partial charge in [0, 0.05) is 0 Å². The van der Waals surface area contributed by atoms with Crippen molar-refractivity contribution in [2.24, 2.45) is 0 Å². The van der Waals surface area contributed by atoms with Crippen molar-refractivity contribution in [2.45, 2.75) is 35.7 Å². The quantitative estimate of drug-likeness (QED) is 0.385.